The average Bonchev–Trinajstić information content (AvgIpc) is 2.11. The first-order valence-electron chi connectivity index (χ1n) is 3.27. The quantitative estimate of drug-likeness (QED) is 0.475. The van der Waals surface area contributed by atoms with Crippen molar-refractivity contribution in [3.05, 3.63) is 12.7 Å². The highest BCUT2D eigenvalue weighted by atomic mass is 19.1. The molecule has 0 saturated heterocycles. The van der Waals surface area contributed by atoms with E-state index in [9.17, 15) is 18.8 Å². The normalized spacial score (nSPS) is 26.8. The number of allylic oxidation sites excluding steroid dienone is 1. The van der Waals surface area contributed by atoms with E-state index in [0.717, 1.165) is 0 Å². The zero-order chi connectivity index (χ0) is 10.1. The lowest BCUT2D eigenvalue weighted by Crippen LogP contribution is -2.54. The molecule has 0 aromatic rings. The van der Waals surface area contributed by atoms with Gasteiger partial charge in [0.15, 0.2) is 0 Å². The van der Waals surface area contributed by atoms with Crippen LogP contribution in [0.3, 0.4) is 0 Å². The van der Waals surface area contributed by atoms with Crippen LogP contribution in [0.4, 0.5) is 9.18 Å². The summed E-state index contributed by atoms with van der Waals surface area (Å²) in [5.74, 6) is -2.49. The third kappa shape index (κ3) is 1.37. The Labute approximate surface area is 72.3 Å². The first-order valence-corrected chi connectivity index (χ1v) is 3.27. The Hall–Kier alpha value is -1.85. The lowest BCUT2D eigenvalue weighted by atomic mass is 10.00. The van der Waals surface area contributed by atoms with Crippen LogP contribution in [0, 0.1) is 0 Å². The largest absolute Gasteiger partial charge is 0.347 e. The van der Waals surface area contributed by atoms with Gasteiger partial charge in [-0.15, -0.1) is 0 Å². The lowest BCUT2D eigenvalue weighted by molar-refractivity contribution is -0.136. The number of halogens is 1. The highest BCUT2D eigenvalue weighted by molar-refractivity contribution is 6.30. The number of hydrogen-bond donors (Lipinski definition) is 1. The number of nitrogens with one attached hydrogen (secondary N) is 1. The van der Waals surface area contributed by atoms with Gasteiger partial charge in [0, 0.05) is 0 Å². The molecule has 1 atom stereocenters. The Morgan fingerprint density at radius 3 is 2.77 bits per heavy atom. The zero-order valence-electron chi connectivity index (χ0n) is 6.41. The van der Waals surface area contributed by atoms with Gasteiger partial charge in [0.2, 0.25) is 5.78 Å². The number of imide groups is 1. The third-order valence-electron chi connectivity index (χ3n) is 1.45. The standard InChI is InChI=1S/C7H5FN2O3/c1-2-4(11)7(8)3-9-6(13)10-5(7)12/h2-3H,1H2,(H,10,12,13). The van der Waals surface area contributed by atoms with E-state index in [1.165, 1.54) is 0 Å². The van der Waals surface area contributed by atoms with Crippen molar-refractivity contribution in [3.8, 4) is 0 Å². The van der Waals surface area contributed by atoms with Crippen molar-refractivity contribution in [1.29, 1.82) is 0 Å². The SMILES string of the molecule is C=CC(=O)C1(F)C=NC(=O)NC1=O. The number of urea groups is 1. The summed E-state index contributed by atoms with van der Waals surface area (Å²) in [6.45, 7) is 3.02. The number of rotatable bonds is 2. The number of hydrogen-bond acceptors (Lipinski definition) is 3. The van der Waals surface area contributed by atoms with Gasteiger partial charge in [-0.25, -0.2) is 14.2 Å². The third-order valence-corrected chi connectivity index (χ3v) is 1.45. The molecule has 0 fully saturated rings. The highest BCUT2D eigenvalue weighted by Gasteiger charge is 2.46. The van der Waals surface area contributed by atoms with E-state index in [-0.39, 0.29) is 0 Å². The molecule has 0 bridgehead atoms. The average molecular weight is 184 g/mol. The smallest absolute Gasteiger partial charge is 0.290 e. The summed E-state index contributed by atoms with van der Waals surface area (Å²) in [6.07, 6.45) is 1.03. The fourth-order valence-electron chi connectivity index (χ4n) is 0.751. The minimum atomic E-state index is -2.89. The maximum Gasteiger partial charge on any atom is 0.347 e. The van der Waals surface area contributed by atoms with Crippen molar-refractivity contribution >= 4 is 23.9 Å². The summed E-state index contributed by atoms with van der Waals surface area (Å²) in [5.41, 5.74) is -2.89. The Bertz CT molecular complexity index is 337. The van der Waals surface area contributed by atoms with Crippen LogP contribution in [-0.4, -0.2) is 29.6 Å². The van der Waals surface area contributed by atoms with Gasteiger partial charge in [-0.05, 0) is 6.08 Å². The molecule has 68 valence electrons. The molecule has 1 aliphatic heterocycles. The van der Waals surface area contributed by atoms with Gasteiger partial charge in [0.25, 0.3) is 11.6 Å². The molecular formula is C7H5FN2O3. The Morgan fingerprint density at radius 1 is 1.69 bits per heavy atom. The van der Waals surface area contributed by atoms with Crippen LogP contribution in [0.25, 0.3) is 0 Å². The molecule has 1 rings (SSSR count). The van der Waals surface area contributed by atoms with E-state index in [2.05, 4.69) is 11.6 Å². The van der Waals surface area contributed by atoms with Gasteiger partial charge in [0.05, 0.1) is 6.21 Å². The van der Waals surface area contributed by atoms with E-state index >= 15 is 0 Å². The summed E-state index contributed by atoms with van der Waals surface area (Å²) in [7, 11) is 0. The molecule has 1 unspecified atom stereocenters. The fraction of sp³-hybridized carbons (Fsp3) is 0.143. The van der Waals surface area contributed by atoms with E-state index in [0.29, 0.717) is 12.3 Å². The lowest BCUT2D eigenvalue weighted by Gasteiger charge is -2.18. The Kier molecular flexibility index (Phi) is 2.05. The molecule has 13 heavy (non-hydrogen) atoms. The van der Waals surface area contributed by atoms with E-state index in [1.54, 1.807) is 5.32 Å². The fourth-order valence-corrected chi connectivity index (χ4v) is 0.751. The van der Waals surface area contributed by atoms with Crippen molar-refractivity contribution in [3.63, 3.8) is 0 Å². The second kappa shape index (κ2) is 2.89. The summed E-state index contributed by atoms with van der Waals surface area (Å²) in [5, 5.41) is 1.57. The molecule has 6 heteroatoms. The number of carbonyl (C=O) groups is 3. The summed E-state index contributed by atoms with van der Waals surface area (Å²) in [4.78, 5) is 35.1. The van der Waals surface area contributed by atoms with Crippen molar-refractivity contribution in [1.82, 2.24) is 5.32 Å². The first kappa shape index (κ1) is 9.24. The van der Waals surface area contributed by atoms with Crippen LogP contribution in [0.1, 0.15) is 0 Å². The van der Waals surface area contributed by atoms with Gasteiger partial charge < -0.3 is 0 Å². The minimum Gasteiger partial charge on any atom is -0.290 e. The van der Waals surface area contributed by atoms with Crippen molar-refractivity contribution in [2.24, 2.45) is 4.99 Å². The van der Waals surface area contributed by atoms with Gasteiger partial charge >= 0.3 is 6.03 Å². The summed E-state index contributed by atoms with van der Waals surface area (Å²) in [6, 6.07) is -0.991. The van der Waals surface area contributed by atoms with Crippen LogP contribution in [0.5, 0.6) is 0 Å². The molecule has 1 N–H and O–H groups in total. The predicted octanol–water partition coefficient (Wildman–Crippen LogP) is -0.230. The van der Waals surface area contributed by atoms with Crippen molar-refractivity contribution in [2.75, 3.05) is 0 Å². The number of amides is 3. The molecule has 0 aromatic heterocycles. The van der Waals surface area contributed by atoms with Gasteiger partial charge in [0.1, 0.15) is 0 Å². The van der Waals surface area contributed by atoms with Crippen LogP contribution >= 0.6 is 0 Å². The Morgan fingerprint density at radius 2 is 2.31 bits per heavy atom. The van der Waals surface area contributed by atoms with E-state index in [1.807, 2.05) is 0 Å². The van der Waals surface area contributed by atoms with Gasteiger partial charge in [-0.3, -0.25) is 14.9 Å². The van der Waals surface area contributed by atoms with Crippen LogP contribution < -0.4 is 5.32 Å². The second-order valence-electron chi connectivity index (χ2n) is 2.30. The zero-order valence-corrected chi connectivity index (χ0v) is 6.41. The van der Waals surface area contributed by atoms with E-state index < -0.39 is 23.4 Å². The maximum absolute atomic E-state index is 13.4. The van der Waals surface area contributed by atoms with Crippen LogP contribution in [-0.2, 0) is 9.59 Å². The first-order chi connectivity index (χ1) is 6.00. The number of ketones is 1. The molecule has 1 heterocycles. The van der Waals surface area contributed by atoms with Crippen LogP contribution in [0.15, 0.2) is 17.6 Å². The maximum atomic E-state index is 13.4. The van der Waals surface area contributed by atoms with Crippen molar-refractivity contribution < 1.29 is 18.8 Å². The number of alkyl halides is 1. The molecule has 5 nitrogen and oxygen atoms in total. The Balaban J connectivity index is 3.10. The highest BCUT2D eigenvalue weighted by Crippen LogP contribution is 2.14. The molecule has 3 amide bonds. The summed E-state index contributed by atoms with van der Waals surface area (Å²) >= 11 is 0. The van der Waals surface area contributed by atoms with Gasteiger partial charge in [-0.1, -0.05) is 6.58 Å². The van der Waals surface area contributed by atoms with Gasteiger partial charge in [-0.2, -0.15) is 0 Å². The molecule has 0 aromatic carbocycles. The molecular weight excluding hydrogens is 179 g/mol. The number of aliphatic imine (C=N–C) groups is 1. The second-order valence-corrected chi connectivity index (χ2v) is 2.30. The summed E-state index contributed by atoms with van der Waals surface area (Å²) < 4.78 is 13.4. The van der Waals surface area contributed by atoms with Crippen LogP contribution in [0.2, 0.25) is 0 Å². The monoisotopic (exact) mass is 184 g/mol. The number of carbonyl (C=O) groups excluding carboxylic acids is 3. The van der Waals surface area contributed by atoms with Crippen molar-refractivity contribution in [2.45, 2.75) is 5.67 Å². The molecule has 0 spiro atoms. The number of nitrogens with zero attached hydrogens (tertiary/aromatic N) is 1. The predicted molar refractivity (Wildman–Crippen MR) is 41.1 cm³/mol. The van der Waals surface area contributed by atoms with E-state index in [4.69, 9.17) is 0 Å². The molecule has 0 saturated carbocycles. The molecule has 0 aliphatic carbocycles. The minimum absolute atomic E-state index is 0.373. The topological polar surface area (TPSA) is 75.6 Å². The molecule has 0 radical (unpaired) electrons. The molecule has 1 aliphatic rings.